The van der Waals surface area contributed by atoms with Crippen molar-refractivity contribution in [3.8, 4) is 0 Å². The Hall–Kier alpha value is -2.96. The van der Waals surface area contributed by atoms with Crippen LogP contribution in [0.25, 0.3) is 17.0 Å². The van der Waals surface area contributed by atoms with Crippen molar-refractivity contribution < 1.29 is 14.3 Å². The highest BCUT2D eigenvalue weighted by Gasteiger charge is 2.43. The van der Waals surface area contributed by atoms with Crippen molar-refractivity contribution in [1.29, 1.82) is 0 Å². The molecule has 2 saturated heterocycles. The molecule has 1 amide bonds. The number of allylic oxidation sites excluding steroid dienone is 1. The molecule has 6 rings (SSSR count). The number of fused-ring (bicyclic) bond motifs is 3. The molecular formula is C30H34FN3O2. The molecule has 0 bridgehead atoms. The standard InChI is InChI=1S/C30H34FN3O2/c1-20-18-33(16-13-30(20)12-9-21-5-2-3-6-24(21)30)19-28(35)22-10-14-34(15-11-22)29(36)27-17-23-25(31)7-4-8-26(23)32-27/h2-9,12,17,20,22,28,32,35H,10-11,13-16,18-19H2,1H3/t20-,28-,30+/m1/s1. The lowest BCUT2D eigenvalue weighted by molar-refractivity contribution is 0.0138. The molecule has 2 fully saturated rings. The van der Waals surface area contributed by atoms with E-state index in [1.54, 1.807) is 18.2 Å². The third-order valence-corrected chi connectivity index (χ3v) is 8.93. The third kappa shape index (κ3) is 3.97. The van der Waals surface area contributed by atoms with E-state index in [0.29, 0.717) is 42.1 Å². The van der Waals surface area contributed by atoms with Crippen LogP contribution in [-0.4, -0.2) is 64.6 Å². The normalized spacial score (nSPS) is 25.5. The number of hydrogen-bond acceptors (Lipinski definition) is 3. The van der Waals surface area contributed by atoms with Crippen LogP contribution >= 0.6 is 0 Å². The monoisotopic (exact) mass is 487 g/mol. The Bertz CT molecular complexity index is 1310. The molecular weight excluding hydrogens is 453 g/mol. The SMILES string of the molecule is C[C@@H]1CN(C[C@@H](O)C2CCN(C(=O)c3cc4c(F)cccc4[nH]3)CC2)CC[C@@]12C=Cc1ccccc12. The summed E-state index contributed by atoms with van der Waals surface area (Å²) in [6, 6.07) is 15.2. The van der Waals surface area contributed by atoms with Crippen LogP contribution in [0.2, 0.25) is 0 Å². The predicted molar refractivity (Wildman–Crippen MR) is 140 cm³/mol. The number of rotatable bonds is 4. The fourth-order valence-corrected chi connectivity index (χ4v) is 6.74. The lowest BCUT2D eigenvalue weighted by atomic mass is 9.68. The number of aliphatic hydroxyl groups excluding tert-OH is 1. The van der Waals surface area contributed by atoms with Gasteiger partial charge in [-0.2, -0.15) is 0 Å². The van der Waals surface area contributed by atoms with E-state index in [4.69, 9.17) is 0 Å². The van der Waals surface area contributed by atoms with Crippen LogP contribution in [0.4, 0.5) is 4.39 Å². The Morgan fingerprint density at radius 2 is 1.97 bits per heavy atom. The zero-order chi connectivity index (χ0) is 24.9. The lowest BCUT2D eigenvalue weighted by Gasteiger charge is -2.45. The molecule has 3 aromatic rings. The highest BCUT2D eigenvalue weighted by molar-refractivity contribution is 5.98. The number of nitrogens with zero attached hydrogens (tertiary/aromatic N) is 2. The summed E-state index contributed by atoms with van der Waals surface area (Å²) >= 11 is 0. The Labute approximate surface area is 211 Å². The minimum atomic E-state index is -0.392. The zero-order valence-electron chi connectivity index (χ0n) is 20.8. The van der Waals surface area contributed by atoms with E-state index in [2.05, 4.69) is 53.2 Å². The average Bonchev–Trinajstić information content (AvgIpc) is 3.50. The maximum absolute atomic E-state index is 14.0. The molecule has 3 atom stereocenters. The summed E-state index contributed by atoms with van der Waals surface area (Å²) < 4.78 is 14.0. The van der Waals surface area contributed by atoms with Crippen LogP contribution in [0.15, 0.2) is 54.6 Å². The summed E-state index contributed by atoms with van der Waals surface area (Å²) in [7, 11) is 0. The first-order valence-electron chi connectivity index (χ1n) is 13.2. The predicted octanol–water partition coefficient (Wildman–Crippen LogP) is 4.83. The number of nitrogens with one attached hydrogen (secondary N) is 1. The van der Waals surface area contributed by atoms with E-state index in [9.17, 15) is 14.3 Å². The lowest BCUT2D eigenvalue weighted by Crippen LogP contribution is -2.51. The van der Waals surface area contributed by atoms with Gasteiger partial charge >= 0.3 is 0 Å². The number of likely N-dealkylation sites (tertiary alicyclic amines) is 2. The van der Waals surface area contributed by atoms with E-state index in [-0.39, 0.29) is 23.1 Å². The molecule has 6 heteroatoms. The maximum Gasteiger partial charge on any atom is 0.270 e. The summed E-state index contributed by atoms with van der Waals surface area (Å²) in [5.74, 6) is 0.251. The number of carbonyl (C=O) groups excluding carboxylic acids is 1. The van der Waals surface area contributed by atoms with Gasteiger partial charge in [0.25, 0.3) is 5.91 Å². The number of carbonyl (C=O) groups is 1. The van der Waals surface area contributed by atoms with E-state index in [1.807, 2.05) is 4.90 Å². The molecule has 1 aromatic heterocycles. The van der Waals surface area contributed by atoms with Crippen molar-refractivity contribution in [1.82, 2.24) is 14.8 Å². The molecule has 0 saturated carbocycles. The first-order valence-corrected chi connectivity index (χ1v) is 13.2. The van der Waals surface area contributed by atoms with Crippen LogP contribution in [0.5, 0.6) is 0 Å². The molecule has 188 valence electrons. The number of hydrogen-bond donors (Lipinski definition) is 2. The Balaban J connectivity index is 1.03. The highest BCUT2D eigenvalue weighted by Crippen LogP contribution is 2.46. The molecule has 5 nitrogen and oxygen atoms in total. The Kier molecular flexibility index (Phi) is 5.97. The second kappa shape index (κ2) is 9.16. The Morgan fingerprint density at radius 3 is 2.75 bits per heavy atom. The van der Waals surface area contributed by atoms with E-state index in [0.717, 1.165) is 32.4 Å². The van der Waals surface area contributed by atoms with Crippen LogP contribution in [0, 0.1) is 17.7 Å². The van der Waals surface area contributed by atoms with Gasteiger partial charge in [-0.15, -0.1) is 0 Å². The minimum absolute atomic E-state index is 0.0985. The van der Waals surface area contributed by atoms with Crippen LogP contribution in [0.1, 0.15) is 47.8 Å². The summed E-state index contributed by atoms with van der Waals surface area (Å²) in [5.41, 5.74) is 3.98. The van der Waals surface area contributed by atoms with Crippen molar-refractivity contribution in [2.45, 2.75) is 37.7 Å². The van der Waals surface area contributed by atoms with Crippen molar-refractivity contribution in [3.05, 3.63) is 77.2 Å². The van der Waals surface area contributed by atoms with Gasteiger partial charge < -0.3 is 19.9 Å². The molecule has 0 unspecified atom stereocenters. The number of piperidine rings is 2. The molecule has 36 heavy (non-hydrogen) atoms. The molecule has 3 heterocycles. The zero-order valence-corrected chi connectivity index (χ0v) is 20.8. The first kappa shape index (κ1) is 23.4. The van der Waals surface area contributed by atoms with E-state index < -0.39 is 6.10 Å². The maximum atomic E-state index is 14.0. The first-order chi connectivity index (χ1) is 17.4. The minimum Gasteiger partial charge on any atom is -0.392 e. The number of β-amino-alcohol motifs (C(OH)–C–C–N with tert-alkyl or cyclic N) is 1. The number of amides is 1. The second-order valence-electron chi connectivity index (χ2n) is 11.0. The van der Waals surface area contributed by atoms with E-state index in [1.165, 1.54) is 17.2 Å². The molecule has 2 aliphatic heterocycles. The molecule has 1 aliphatic carbocycles. The molecule has 2 N–H and O–H groups in total. The quantitative estimate of drug-likeness (QED) is 0.554. The number of halogens is 1. The number of aliphatic hydroxyl groups is 1. The van der Waals surface area contributed by atoms with Gasteiger partial charge in [0.2, 0.25) is 0 Å². The summed E-state index contributed by atoms with van der Waals surface area (Å²) in [6.45, 7) is 6.20. The number of H-pyrrole nitrogens is 1. The highest BCUT2D eigenvalue weighted by atomic mass is 19.1. The fourth-order valence-electron chi connectivity index (χ4n) is 6.74. The van der Waals surface area contributed by atoms with E-state index >= 15 is 0 Å². The van der Waals surface area contributed by atoms with Gasteiger partial charge in [-0.25, -0.2) is 4.39 Å². The van der Waals surface area contributed by atoms with Gasteiger partial charge in [0.1, 0.15) is 11.5 Å². The summed E-state index contributed by atoms with van der Waals surface area (Å²) in [4.78, 5) is 20.3. The summed E-state index contributed by atoms with van der Waals surface area (Å²) in [6.07, 6.45) is 6.93. The van der Waals surface area contributed by atoms with Crippen molar-refractivity contribution in [2.24, 2.45) is 11.8 Å². The van der Waals surface area contributed by atoms with Gasteiger partial charge in [0.15, 0.2) is 0 Å². The van der Waals surface area contributed by atoms with Crippen LogP contribution < -0.4 is 0 Å². The average molecular weight is 488 g/mol. The van der Waals surface area contributed by atoms with Crippen molar-refractivity contribution in [3.63, 3.8) is 0 Å². The van der Waals surface area contributed by atoms with Gasteiger partial charge in [-0.3, -0.25) is 4.79 Å². The molecule has 2 aromatic carbocycles. The van der Waals surface area contributed by atoms with Crippen LogP contribution in [-0.2, 0) is 5.41 Å². The smallest absolute Gasteiger partial charge is 0.270 e. The number of benzene rings is 2. The largest absolute Gasteiger partial charge is 0.392 e. The van der Waals surface area contributed by atoms with Crippen molar-refractivity contribution >= 4 is 22.9 Å². The second-order valence-corrected chi connectivity index (χ2v) is 11.0. The van der Waals surface area contributed by atoms with Gasteiger partial charge in [-0.05, 0) is 67.0 Å². The number of aromatic amines is 1. The van der Waals surface area contributed by atoms with Crippen LogP contribution in [0.3, 0.4) is 0 Å². The molecule has 1 spiro atoms. The van der Waals surface area contributed by atoms with Crippen molar-refractivity contribution in [2.75, 3.05) is 32.7 Å². The topological polar surface area (TPSA) is 59.6 Å². The molecule has 0 radical (unpaired) electrons. The van der Waals surface area contributed by atoms with Gasteiger partial charge in [0, 0.05) is 42.5 Å². The number of aromatic nitrogens is 1. The van der Waals surface area contributed by atoms with Gasteiger partial charge in [0.05, 0.1) is 6.10 Å². The third-order valence-electron chi connectivity index (χ3n) is 8.93. The fraction of sp³-hybridized carbons (Fsp3) is 0.433. The summed E-state index contributed by atoms with van der Waals surface area (Å²) in [5, 5.41) is 11.5. The van der Waals surface area contributed by atoms with Gasteiger partial charge in [-0.1, -0.05) is 49.4 Å². The Morgan fingerprint density at radius 1 is 1.17 bits per heavy atom. The molecule has 3 aliphatic rings.